The van der Waals surface area contributed by atoms with Gasteiger partial charge in [0, 0.05) is 31.1 Å². The minimum absolute atomic E-state index is 0. The monoisotopic (exact) mass is 437 g/mol. The summed E-state index contributed by atoms with van der Waals surface area (Å²) in [5.41, 5.74) is 11.2. The van der Waals surface area contributed by atoms with Gasteiger partial charge in [-0.2, -0.15) is 5.21 Å². The molecule has 0 atom stereocenters. The number of nitrogens with two attached hydrogens (primary N) is 1. The summed E-state index contributed by atoms with van der Waals surface area (Å²) in [5, 5.41) is 14.5. The lowest BCUT2D eigenvalue weighted by molar-refractivity contribution is 0.678. The Bertz CT molecular complexity index is 1070. The zero-order chi connectivity index (χ0) is 20.8. The summed E-state index contributed by atoms with van der Waals surface area (Å²) in [5.74, 6) is 1.74. The predicted octanol–water partition coefficient (Wildman–Crippen LogP) is 4.04. The van der Waals surface area contributed by atoms with Crippen molar-refractivity contribution in [2.45, 2.75) is 39.2 Å². The summed E-state index contributed by atoms with van der Waals surface area (Å²) in [6.07, 6.45) is 6.27. The van der Waals surface area contributed by atoms with Crippen LogP contribution in [0.4, 0.5) is 0 Å². The molecular weight excluding hydrogens is 410 g/mol. The van der Waals surface area contributed by atoms with E-state index in [0.29, 0.717) is 12.4 Å². The first kappa shape index (κ1) is 22.7. The van der Waals surface area contributed by atoms with Crippen LogP contribution >= 0.6 is 12.4 Å². The van der Waals surface area contributed by atoms with Crippen molar-refractivity contribution in [2.75, 3.05) is 6.54 Å². The zero-order valence-corrected chi connectivity index (χ0v) is 18.5. The van der Waals surface area contributed by atoms with Crippen LogP contribution in [0, 0.1) is 0 Å². The Kier molecular flexibility index (Phi) is 7.92. The normalized spacial score (nSPS) is 10.8. The third-order valence-corrected chi connectivity index (χ3v) is 5.19. The molecule has 8 heteroatoms. The van der Waals surface area contributed by atoms with Crippen LogP contribution in [0.2, 0.25) is 0 Å². The second kappa shape index (κ2) is 10.8. The lowest BCUT2D eigenvalue weighted by Crippen LogP contribution is -2.04. The van der Waals surface area contributed by atoms with Gasteiger partial charge in [-0.25, -0.2) is 4.98 Å². The fraction of sp³-hybridized carbons (Fsp3) is 0.304. The first-order valence-electron chi connectivity index (χ1n) is 10.5. The minimum atomic E-state index is 0. The van der Waals surface area contributed by atoms with E-state index >= 15 is 0 Å². The van der Waals surface area contributed by atoms with Gasteiger partial charge in [0.25, 0.3) is 0 Å². The summed E-state index contributed by atoms with van der Waals surface area (Å²) in [6.45, 7) is 3.64. The van der Waals surface area contributed by atoms with Crippen LogP contribution in [0.25, 0.3) is 22.5 Å². The molecule has 0 amide bonds. The second-order valence-corrected chi connectivity index (χ2v) is 7.40. The Balaban J connectivity index is 0.00000272. The van der Waals surface area contributed by atoms with Crippen molar-refractivity contribution < 1.29 is 0 Å². The number of nitrogens with one attached hydrogen (secondary N) is 1. The first-order chi connectivity index (χ1) is 14.8. The zero-order valence-electron chi connectivity index (χ0n) is 17.7. The van der Waals surface area contributed by atoms with Crippen LogP contribution < -0.4 is 5.73 Å². The number of rotatable bonds is 9. The molecule has 0 unspecified atom stereocenters. The Labute approximate surface area is 188 Å². The molecule has 162 valence electrons. The molecule has 2 aromatic heterocycles. The van der Waals surface area contributed by atoms with Crippen LogP contribution in [0.15, 0.2) is 54.7 Å². The summed E-state index contributed by atoms with van der Waals surface area (Å²) in [7, 11) is 0. The lowest BCUT2D eigenvalue weighted by atomic mass is 9.98. The molecule has 0 spiro atoms. The van der Waals surface area contributed by atoms with E-state index in [1.54, 1.807) is 0 Å². The quantitative estimate of drug-likeness (QED) is 0.411. The van der Waals surface area contributed by atoms with Crippen molar-refractivity contribution >= 4 is 12.4 Å². The number of halogens is 1. The van der Waals surface area contributed by atoms with Crippen LogP contribution in [0.5, 0.6) is 0 Å². The minimum Gasteiger partial charge on any atom is -0.330 e. The third kappa shape index (κ3) is 5.37. The van der Waals surface area contributed by atoms with E-state index in [-0.39, 0.29) is 12.4 Å². The maximum Gasteiger partial charge on any atom is 0.205 e. The van der Waals surface area contributed by atoms with E-state index in [9.17, 15) is 0 Å². The van der Waals surface area contributed by atoms with Gasteiger partial charge in [-0.3, -0.25) is 0 Å². The fourth-order valence-corrected chi connectivity index (χ4v) is 3.65. The van der Waals surface area contributed by atoms with Crippen LogP contribution in [-0.4, -0.2) is 36.7 Å². The fourth-order valence-electron chi connectivity index (χ4n) is 3.65. The Morgan fingerprint density at radius 2 is 1.77 bits per heavy atom. The van der Waals surface area contributed by atoms with Crippen molar-refractivity contribution in [3.05, 3.63) is 71.8 Å². The molecule has 0 saturated carbocycles. The molecule has 0 radical (unpaired) electrons. The molecule has 7 nitrogen and oxygen atoms in total. The highest BCUT2D eigenvalue weighted by Crippen LogP contribution is 2.29. The molecule has 0 bridgehead atoms. The molecule has 0 saturated heterocycles. The number of imidazole rings is 1. The summed E-state index contributed by atoms with van der Waals surface area (Å²) in [4.78, 5) is 4.80. The Morgan fingerprint density at radius 3 is 2.45 bits per heavy atom. The molecule has 0 aliphatic rings. The smallest absolute Gasteiger partial charge is 0.205 e. The molecule has 4 rings (SSSR count). The SMILES string of the molecule is CCCCc1nc(CCN)cn1Cc1ccc(-c2ccccc2-c2nn[nH]n2)cc1.Cl. The van der Waals surface area contributed by atoms with E-state index < -0.39 is 0 Å². The number of benzene rings is 2. The summed E-state index contributed by atoms with van der Waals surface area (Å²) >= 11 is 0. The number of aryl methyl sites for hydroxylation is 1. The van der Waals surface area contributed by atoms with Crippen LogP contribution in [-0.2, 0) is 19.4 Å². The predicted molar refractivity (Wildman–Crippen MR) is 125 cm³/mol. The lowest BCUT2D eigenvalue weighted by Gasteiger charge is -2.10. The van der Waals surface area contributed by atoms with Crippen molar-refractivity contribution in [3.63, 3.8) is 0 Å². The third-order valence-electron chi connectivity index (χ3n) is 5.19. The van der Waals surface area contributed by atoms with Gasteiger partial charge in [0.2, 0.25) is 5.82 Å². The molecule has 0 aliphatic heterocycles. The number of aromatic amines is 1. The summed E-state index contributed by atoms with van der Waals surface area (Å²) in [6, 6.07) is 16.8. The number of tetrazole rings is 1. The average Bonchev–Trinajstić information content (AvgIpc) is 3.44. The van der Waals surface area contributed by atoms with E-state index in [1.807, 2.05) is 18.2 Å². The number of hydrogen-bond acceptors (Lipinski definition) is 5. The average molecular weight is 438 g/mol. The topological polar surface area (TPSA) is 98.3 Å². The van der Waals surface area contributed by atoms with E-state index in [2.05, 4.69) is 68.6 Å². The van der Waals surface area contributed by atoms with Gasteiger partial charge in [0.05, 0.1) is 5.69 Å². The van der Waals surface area contributed by atoms with Crippen molar-refractivity contribution in [1.82, 2.24) is 30.2 Å². The molecule has 0 aliphatic carbocycles. The molecular formula is C23H28ClN7. The Morgan fingerprint density at radius 1 is 1.00 bits per heavy atom. The molecule has 2 aromatic carbocycles. The largest absolute Gasteiger partial charge is 0.330 e. The molecule has 31 heavy (non-hydrogen) atoms. The number of hydrogen-bond donors (Lipinski definition) is 2. The second-order valence-electron chi connectivity index (χ2n) is 7.40. The maximum absolute atomic E-state index is 5.73. The highest BCUT2D eigenvalue weighted by Gasteiger charge is 2.11. The van der Waals surface area contributed by atoms with Gasteiger partial charge >= 0.3 is 0 Å². The number of nitrogens with zero attached hydrogens (tertiary/aromatic N) is 5. The molecule has 2 heterocycles. The Hall–Kier alpha value is -3.03. The number of unbranched alkanes of at least 4 members (excludes halogenated alkanes) is 1. The van der Waals surface area contributed by atoms with Crippen molar-refractivity contribution in [2.24, 2.45) is 5.73 Å². The highest BCUT2D eigenvalue weighted by molar-refractivity contribution is 5.85. The van der Waals surface area contributed by atoms with Crippen molar-refractivity contribution in [3.8, 4) is 22.5 Å². The number of aromatic nitrogens is 6. The van der Waals surface area contributed by atoms with Gasteiger partial charge in [-0.15, -0.1) is 22.6 Å². The van der Waals surface area contributed by atoms with E-state index in [4.69, 9.17) is 10.7 Å². The number of H-pyrrole nitrogens is 1. The van der Waals surface area contributed by atoms with Gasteiger partial charge in [0.1, 0.15) is 5.82 Å². The van der Waals surface area contributed by atoms with E-state index in [1.165, 1.54) is 5.56 Å². The van der Waals surface area contributed by atoms with Gasteiger partial charge in [-0.05, 0) is 34.9 Å². The highest BCUT2D eigenvalue weighted by atomic mass is 35.5. The first-order valence-corrected chi connectivity index (χ1v) is 10.5. The molecule has 3 N–H and O–H groups in total. The van der Waals surface area contributed by atoms with Crippen molar-refractivity contribution in [1.29, 1.82) is 0 Å². The van der Waals surface area contributed by atoms with Gasteiger partial charge in [-0.1, -0.05) is 61.9 Å². The molecule has 4 aromatic rings. The molecule has 0 fully saturated rings. The summed E-state index contributed by atoms with van der Waals surface area (Å²) < 4.78 is 2.27. The van der Waals surface area contributed by atoms with Crippen LogP contribution in [0.3, 0.4) is 0 Å². The van der Waals surface area contributed by atoms with Crippen LogP contribution in [0.1, 0.15) is 36.8 Å². The van der Waals surface area contributed by atoms with Gasteiger partial charge < -0.3 is 10.3 Å². The standard InChI is InChI=1S/C23H27N7.ClH/c1-2-3-8-22-25-19(13-14-24)16-30(22)15-17-9-11-18(12-10-17)20-6-4-5-7-21(20)23-26-28-29-27-23;/h4-7,9-12,16H,2-3,8,13-15,24H2,1H3,(H,26,27,28,29);1H. The van der Waals surface area contributed by atoms with Gasteiger partial charge in [0.15, 0.2) is 0 Å². The maximum atomic E-state index is 5.73. The van der Waals surface area contributed by atoms with E-state index in [0.717, 1.165) is 60.4 Å².